The van der Waals surface area contributed by atoms with Crippen molar-refractivity contribution in [3.63, 3.8) is 0 Å². The van der Waals surface area contributed by atoms with Gasteiger partial charge in [0, 0.05) is 30.6 Å². The van der Waals surface area contributed by atoms with Crippen LogP contribution in [0.4, 0.5) is 42.1 Å². The zero-order valence-electron chi connectivity index (χ0n) is 19.9. The molecule has 0 bridgehead atoms. The number of hydrogen-bond acceptors (Lipinski definition) is 6. The second-order valence-electron chi connectivity index (χ2n) is 9.39. The van der Waals surface area contributed by atoms with Crippen LogP contribution in [0.25, 0.3) is 0 Å². The normalized spacial score (nSPS) is 22.1. The van der Waals surface area contributed by atoms with Crippen LogP contribution in [0.15, 0.2) is 41.3 Å². The second kappa shape index (κ2) is 10.5. The molecule has 2 aliphatic heterocycles. The minimum Gasteiger partial charge on any atom is -0.492 e. The molecule has 7 nitrogen and oxygen atoms in total. The zero-order chi connectivity index (χ0) is 28.8. The molecule has 39 heavy (non-hydrogen) atoms. The van der Waals surface area contributed by atoms with E-state index in [9.17, 15) is 44.7 Å². The first-order valence-corrected chi connectivity index (χ1v) is 13.1. The Morgan fingerprint density at radius 2 is 1.82 bits per heavy atom. The molecule has 15 heteroatoms. The molecule has 4 rings (SSSR count). The van der Waals surface area contributed by atoms with Crippen LogP contribution in [0.5, 0.6) is 5.75 Å². The molecule has 2 atom stereocenters. The van der Waals surface area contributed by atoms with Crippen molar-refractivity contribution in [3.05, 3.63) is 47.8 Å². The van der Waals surface area contributed by atoms with E-state index in [4.69, 9.17) is 9.47 Å². The lowest BCUT2D eigenvalue weighted by molar-refractivity contribution is -0.185. The van der Waals surface area contributed by atoms with Crippen molar-refractivity contribution >= 4 is 27.2 Å². The van der Waals surface area contributed by atoms with Gasteiger partial charge in [-0.1, -0.05) is 0 Å². The third-order valence-corrected chi connectivity index (χ3v) is 8.57. The van der Waals surface area contributed by atoms with Gasteiger partial charge in [-0.3, -0.25) is 4.79 Å². The number of rotatable bonds is 8. The highest BCUT2D eigenvalue weighted by Gasteiger charge is 2.49. The third-order valence-electron chi connectivity index (χ3n) is 6.66. The summed E-state index contributed by atoms with van der Waals surface area (Å²) < 4.78 is 134. The number of fused-ring (bicyclic) bond motifs is 1. The maximum atomic E-state index is 15.5. The molecular weight excluding hydrogens is 563 g/mol. The Labute approximate surface area is 218 Å². The van der Waals surface area contributed by atoms with Crippen LogP contribution in [0.3, 0.4) is 0 Å². The van der Waals surface area contributed by atoms with Crippen LogP contribution in [0.1, 0.15) is 18.4 Å². The number of nitrogens with zero attached hydrogens (tertiary/aromatic N) is 1. The largest absolute Gasteiger partial charge is 0.492 e. The van der Waals surface area contributed by atoms with Gasteiger partial charge in [0.25, 0.3) is 0 Å². The average molecular weight is 585 g/mol. The van der Waals surface area contributed by atoms with Crippen molar-refractivity contribution in [1.82, 2.24) is 0 Å². The van der Waals surface area contributed by atoms with Crippen molar-refractivity contribution in [3.8, 4) is 5.75 Å². The molecule has 0 radical (unpaired) electrons. The Morgan fingerprint density at radius 1 is 1.18 bits per heavy atom. The molecule has 0 saturated carbocycles. The average Bonchev–Trinajstić information content (AvgIpc) is 2.89. The number of hydrogen-bond donors (Lipinski definition) is 1. The molecule has 0 unspecified atom stereocenters. The fraction of sp³-hybridized carbons (Fsp3) is 0.458. The lowest BCUT2D eigenvalue weighted by Crippen LogP contribution is -2.53. The summed E-state index contributed by atoms with van der Waals surface area (Å²) in [6.45, 7) is -2.13. The predicted molar refractivity (Wildman–Crippen MR) is 122 cm³/mol. The molecule has 0 spiro atoms. The first-order chi connectivity index (χ1) is 18.2. The zero-order valence-corrected chi connectivity index (χ0v) is 20.7. The molecule has 0 aromatic heterocycles. The van der Waals surface area contributed by atoms with E-state index < -0.39 is 99.0 Å². The van der Waals surface area contributed by atoms with Crippen molar-refractivity contribution in [1.29, 1.82) is 0 Å². The highest BCUT2D eigenvalue weighted by molar-refractivity contribution is 7.92. The summed E-state index contributed by atoms with van der Waals surface area (Å²) in [6, 6.07) is 5.02. The number of ether oxygens (including phenoxy) is 2. The van der Waals surface area contributed by atoms with Crippen LogP contribution in [0, 0.1) is 17.2 Å². The molecule has 214 valence electrons. The Kier molecular flexibility index (Phi) is 7.78. The molecule has 1 fully saturated rings. The summed E-state index contributed by atoms with van der Waals surface area (Å²) in [5.74, 6) is -4.76. The smallest absolute Gasteiger partial charge is 0.420 e. The van der Waals surface area contributed by atoms with Gasteiger partial charge in [0.1, 0.15) is 23.6 Å². The second-order valence-corrected chi connectivity index (χ2v) is 11.4. The van der Waals surface area contributed by atoms with E-state index in [-0.39, 0.29) is 18.9 Å². The quantitative estimate of drug-likeness (QED) is 0.426. The lowest BCUT2D eigenvalue weighted by atomic mass is 9.87. The first-order valence-electron chi connectivity index (χ1n) is 11.5. The van der Waals surface area contributed by atoms with E-state index >= 15 is 4.39 Å². The predicted octanol–water partition coefficient (Wildman–Crippen LogP) is 5.21. The fourth-order valence-electron chi connectivity index (χ4n) is 4.38. The van der Waals surface area contributed by atoms with Gasteiger partial charge in [0.2, 0.25) is 21.8 Å². The number of carbonyl (C=O) groups is 1. The fourth-order valence-corrected chi connectivity index (χ4v) is 6.08. The van der Waals surface area contributed by atoms with E-state index in [0.29, 0.717) is 12.1 Å². The van der Waals surface area contributed by atoms with E-state index in [0.717, 1.165) is 29.2 Å². The topological polar surface area (TPSA) is 93.1 Å². The van der Waals surface area contributed by atoms with E-state index in [2.05, 4.69) is 0 Å². The highest BCUT2D eigenvalue weighted by Crippen LogP contribution is 2.47. The van der Waals surface area contributed by atoms with E-state index in [1.165, 1.54) is 0 Å². The van der Waals surface area contributed by atoms with Gasteiger partial charge in [-0.25, -0.2) is 26.0 Å². The van der Waals surface area contributed by atoms with Gasteiger partial charge in [0.05, 0.1) is 29.4 Å². The number of alkyl halides is 6. The highest BCUT2D eigenvalue weighted by atomic mass is 32.2. The minimum absolute atomic E-state index is 0.0118. The number of carboxylic acid groups (broad SMARTS) is 1. The molecule has 1 N–H and O–H groups in total. The summed E-state index contributed by atoms with van der Waals surface area (Å²) in [7, 11) is -5.07. The van der Waals surface area contributed by atoms with Gasteiger partial charge in [-0.05, 0) is 36.8 Å². The SMILES string of the molecule is O=C(O)C1(COc2cc3c(cc2C(F)(F)F)N(c2ccc(F)cc2)C[C@@H](CCC(F)F)[C@@H](F)S3(=O)=O)COC1. The number of aliphatic carboxylic acids is 1. The summed E-state index contributed by atoms with van der Waals surface area (Å²) in [5.41, 5.74) is -6.55. The monoisotopic (exact) mass is 585 g/mol. The Morgan fingerprint density at radius 3 is 2.33 bits per heavy atom. The number of benzene rings is 2. The number of halogens is 7. The van der Waals surface area contributed by atoms with Crippen molar-refractivity contribution < 1.29 is 58.5 Å². The Bertz CT molecular complexity index is 1330. The van der Waals surface area contributed by atoms with Crippen molar-refractivity contribution in [2.45, 2.75) is 35.8 Å². The standard InChI is InChI=1S/C24H22F7NO6S/c25-14-2-4-15(5-3-14)32-9-13(1-6-20(26)27)21(28)39(35,36)19-8-18(16(7-17(19)32)24(29,30)31)38-12-23(22(33)34)10-37-11-23/h2-5,7-8,13,20-21H,1,6,9-12H2,(H,33,34)/t13-,21+/m1/s1. The number of carboxylic acids is 1. The molecule has 2 aromatic rings. The van der Waals surface area contributed by atoms with Crippen molar-refractivity contribution in [2.75, 3.05) is 31.3 Å². The maximum Gasteiger partial charge on any atom is 0.420 e. The molecule has 1 saturated heterocycles. The number of anilines is 2. The van der Waals surface area contributed by atoms with Gasteiger partial charge >= 0.3 is 12.1 Å². The molecule has 2 heterocycles. The molecule has 2 aromatic carbocycles. The van der Waals surface area contributed by atoms with Gasteiger partial charge in [0.15, 0.2) is 0 Å². The molecule has 2 aliphatic rings. The van der Waals surface area contributed by atoms with Gasteiger partial charge in [-0.15, -0.1) is 0 Å². The van der Waals surface area contributed by atoms with Crippen LogP contribution < -0.4 is 9.64 Å². The molecule has 0 aliphatic carbocycles. The molecular formula is C24H22F7NO6S. The van der Waals surface area contributed by atoms with Crippen LogP contribution in [-0.4, -0.2) is 57.8 Å². The Balaban J connectivity index is 1.88. The van der Waals surface area contributed by atoms with Crippen LogP contribution >= 0.6 is 0 Å². The van der Waals surface area contributed by atoms with Gasteiger partial charge in [-0.2, -0.15) is 13.2 Å². The summed E-state index contributed by atoms with van der Waals surface area (Å²) in [6.07, 6.45) is -9.50. The first kappa shape index (κ1) is 28.9. The third kappa shape index (κ3) is 5.64. The lowest BCUT2D eigenvalue weighted by Gasteiger charge is -2.37. The Hall–Kier alpha value is -3.07. The van der Waals surface area contributed by atoms with E-state index in [1.807, 2.05) is 0 Å². The summed E-state index contributed by atoms with van der Waals surface area (Å²) in [5, 5.41) is 9.42. The maximum absolute atomic E-state index is 15.5. The van der Waals surface area contributed by atoms with Gasteiger partial charge < -0.3 is 19.5 Å². The van der Waals surface area contributed by atoms with Crippen molar-refractivity contribution in [2.24, 2.45) is 11.3 Å². The molecule has 0 amide bonds. The van der Waals surface area contributed by atoms with E-state index in [1.54, 1.807) is 0 Å². The summed E-state index contributed by atoms with van der Waals surface area (Å²) >= 11 is 0. The minimum atomic E-state index is -5.13. The summed E-state index contributed by atoms with van der Waals surface area (Å²) in [4.78, 5) is 11.7. The van der Waals surface area contributed by atoms with Crippen LogP contribution in [-0.2, 0) is 25.5 Å². The van der Waals surface area contributed by atoms with Crippen LogP contribution in [0.2, 0.25) is 0 Å². The number of sulfone groups is 1.